The molecule has 0 aromatic heterocycles. The highest BCUT2D eigenvalue weighted by Crippen LogP contribution is 2.36. The molecule has 2 fully saturated rings. The van der Waals surface area contributed by atoms with Crippen LogP contribution >= 0.6 is 0 Å². The van der Waals surface area contributed by atoms with E-state index in [-0.39, 0.29) is 12.3 Å². The number of carbonyl (C=O) groups excluding carboxylic acids is 1. The molecule has 1 unspecified atom stereocenters. The van der Waals surface area contributed by atoms with Gasteiger partial charge in [-0.3, -0.25) is 9.59 Å². The van der Waals surface area contributed by atoms with E-state index in [2.05, 4.69) is 5.32 Å². The van der Waals surface area contributed by atoms with Gasteiger partial charge in [0.25, 0.3) is 0 Å². The first-order chi connectivity index (χ1) is 10.0. The fraction of sp³-hybridized carbons (Fsp3) is 0.875. The van der Waals surface area contributed by atoms with E-state index in [4.69, 9.17) is 0 Å². The zero-order chi connectivity index (χ0) is 15.3. The van der Waals surface area contributed by atoms with Crippen LogP contribution < -0.4 is 5.32 Å². The summed E-state index contributed by atoms with van der Waals surface area (Å²) < 4.78 is 0. The van der Waals surface area contributed by atoms with Gasteiger partial charge in [-0.25, -0.2) is 0 Å². The van der Waals surface area contributed by atoms with Gasteiger partial charge in [0.15, 0.2) is 0 Å². The molecule has 5 nitrogen and oxygen atoms in total. The van der Waals surface area contributed by atoms with Crippen LogP contribution in [-0.4, -0.2) is 47.6 Å². The molecule has 1 atom stereocenters. The fourth-order valence-electron chi connectivity index (χ4n) is 3.87. The standard InChI is InChI=1S/C16H28N2O3/c1-18(14(19)10-13-6-5-9-17-12-13)16(11-15(20)21)7-3-2-4-8-16/h13,17H,2-12H2,1H3,(H,20,21). The van der Waals surface area contributed by atoms with Crippen LogP contribution in [0.15, 0.2) is 0 Å². The van der Waals surface area contributed by atoms with Crippen LogP contribution in [0.5, 0.6) is 0 Å². The van der Waals surface area contributed by atoms with Gasteiger partial charge in [-0.05, 0) is 44.7 Å². The summed E-state index contributed by atoms with van der Waals surface area (Å²) in [6, 6.07) is 0. The van der Waals surface area contributed by atoms with E-state index < -0.39 is 11.5 Å². The Morgan fingerprint density at radius 3 is 2.52 bits per heavy atom. The van der Waals surface area contributed by atoms with Gasteiger partial charge in [-0.1, -0.05) is 19.3 Å². The number of aliphatic carboxylic acids is 1. The third-order valence-corrected chi connectivity index (χ3v) is 5.21. The van der Waals surface area contributed by atoms with Crippen molar-refractivity contribution in [1.82, 2.24) is 10.2 Å². The number of hydrogen-bond donors (Lipinski definition) is 2. The van der Waals surface area contributed by atoms with E-state index in [1.807, 2.05) is 7.05 Å². The average Bonchev–Trinajstić information content (AvgIpc) is 2.47. The van der Waals surface area contributed by atoms with Crippen LogP contribution in [0.2, 0.25) is 0 Å². The molecule has 0 aromatic carbocycles. The van der Waals surface area contributed by atoms with Crippen molar-refractivity contribution in [2.45, 2.75) is 63.3 Å². The minimum Gasteiger partial charge on any atom is -0.481 e. The lowest BCUT2D eigenvalue weighted by molar-refractivity contribution is -0.146. The van der Waals surface area contributed by atoms with E-state index in [0.29, 0.717) is 12.3 Å². The number of nitrogens with zero attached hydrogens (tertiary/aromatic N) is 1. The number of nitrogens with one attached hydrogen (secondary N) is 1. The van der Waals surface area contributed by atoms with E-state index in [1.54, 1.807) is 4.90 Å². The molecule has 1 amide bonds. The second kappa shape index (κ2) is 7.25. The maximum atomic E-state index is 12.6. The molecule has 2 aliphatic rings. The monoisotopic (exact) mass is 296 g/mol. The lowest BCUT2D eigenvalue weighted by atomic mass is 9.77. The molecule has 0 bridgehead atoms. The Morgan fingerprint density at radius 2 is 1.95 bits per heavy atom. The predicted molar refractivity (Wildman–Crippen MR) is 81.0 cm³/mol. The number of hydrogen-bond acceptors (Lipinski definition) is 3. The number of amides is 1. The molecule has 1 aliphatic carbocycles. The van der Waals surface area contributed by atoms with Crippen molar-refractivity contribution in [1.29, 1.82) is 0 Å². The normalized spacial score (nSPS) is 25.3. The molecular formula is C16H28N2O3. The lowest BCUT2D eigenvalue weighted by Gasteiger charge is -2.44. The minimum absolute atomic E-state index is 0.0815. The molecule has 1 saturated heterocycles. The van der Waals surface area contributed by atoms with E-state index in [9.17, 15) is 14.7 Å². The summed E-state index contributed by atoms with van der Waals surface area (Å²) >= 11 is 0. The molecule has 0 radical (unpaired) electrons. The Hall–Kier alpha value is -1.10. The molecule has 1 saturated carbocycles. The molecule has 2 rings (SSSR count). The van der Waals surface area contributed by atoms with Crippen LogP contribution in [0, 0.1) is 5.92 Å². The molecule has 0 aromatic rings. The Morgan fingerprint density at radius 1 is 1.24 bits per heavy atom. The number of rotatable bonds is 5. The first-order valence-corrected chi connectivity index (χ1v) is 8.23. The lowest BCUT2D eigenvalue weighted by Crippen LogP contribution is -2.52. The summed E-state index contributed by atoms with van der Waals surface area (Å²) in [6.07, 6.45) is 7.69. The highest BCUT2D eigenvalue weighted by atomic mass is 16.4. The van der Waals surface area contributed by atoms with Crippen molar-refractivity contribution < 1.29 is 14.7 Å². The highest BCUT2D eigenvalue weighted by Gasteiger charge is 2.40. The SMILES string of the molecule is CN(C(=O)CC1CCCNC1)C1(CC(=O)O)CCCCC1. The Kier molecular flexibility index (Phi) is 5.62. The van der Waals surface area contributed by atoms with Crippen LogP contribution in [-0.2, 0) is 9.59 Å². The molecule has 2 N–H and O–H groups in total. The number of carboxylic acid groups (broad SMARTS) is 1. The van der Waals surface area contributed by atoms with Gasteiger partial charge in [-0.2, -0.15) is 0 Å². The van der Waals surface area contributed by atoms with Gasteiger partial charge in [0.1, 0.15) is 0 Å². The number of piperidine rings is 1. The van der Waals surface area contributed by atoms with Crippen LogP contribution in [0.25, 0.3) is 0 Å². The molecule has 1 heterocycles. The Bertz CT molecular complexity index is 372. The van der Waals surface area contributed by atoms with Gasteiger partial charge in [0.05, 0.1) is 12.0 Å². The maximum Gasteiger partial charge on any atom is 0.305 e. The van der Waals surface area contributed by atoms with Crippen molar-refractivity contribution >= 4 is 11.9 Å². The average molecular weight is 296 g/mol. The van der Waals surface area contributed by atoms with E-state index in [1.165, 1.54) is 0 Å². The summed E-state index contributed by atoms with van der Waals surface area (Å²) in [5.41, 5.74) is -0.455. The van der Waals surface area contributed by atoms with E-state index in [0.717, 1.165) is 58.0 Å². The Balaban J connectivity index is 2.00. The molecule has 1 aliphatic heterocycles. The fourth-order valence-corrected chi connectivity index (χ4v) is 3.87. The van der Waals surface area contributed by atoms with Gasteiger partial charge in [0, 0.05) is 13.5 Å². The minimum atomic E-state index is -0.795. The Labute approximate surface area is 127 Å². The van der Waals surface area contributed by atoms with Crippen LogP contribution in [0.3, 0.4) is 0 Å². The quantitative estimate of drug-likeness (QED) is 0.814. The highest BCUT2D eigenvalue weighted by molar-refractivity contribution is 5.78. The van der Waals surface area contributed by atoms with Crippen molar-refractivity contribution in [3.8, 4) is 0 Å². The zero-order valence-corrected chi connectivity index (χ0v) is 13.1. The van der Waals surface area contributed by atoms with Crippen LogP contribution in [0.1, 0.15) is 57.8 Å². The third kappa shape index (κ3) is 4.19. The first-order valence-electron chi connectivity index (χ1n) is 8.23. The van der Waals surface area contributed by atoms with Crippen molar-refractivity contribution in [2.24, 2.45) is 5.92 Å². The summed E-state index contributed by atoms with van der Waals surface area (Å²) in [6.45, 7) is 1.95. The number of carbonyl (C=O) groups is 2. The second-order valence-corrected chi connectivity index (χ2v) is 6.72. The van der Waals surface area contributed by atoms with Crippen molar-refractivity contribution in [3.05, 3.63) is 0 Å². The molecular weight excluding hydrogens is 268 g/mol. The predicted octanol–water partition coefficient (Wildman–Crippen LogP) is 2.01. The molecule has 120 valence electrons. The molecule has 21 heavy (non-hydrogen) atoms. The summed E-state index contributed by atoms with van der Waals surface area (Å²) in [7, 11) is 1.81. The van der Waals surface area contributed by atoms with Crippen LogP contribution in [0.4, 0.5) is 0 Å². The summed E-state index contributed by atoms with van der Waals surface area (Å²) in [5.74, 6) is -0.276. The van der Waals surface area contributed by atoms with Gasteiger partial charge in [0.2, 0.25) is 5.91 Å². The summed E-state index contributed by atoms with van der Waals surface area (Å²) in [4.78, 5) is 25.6. The van der Waals surface area contributed by atoms with Gasteiger partial charge >= 0.3 is 5.97 Å². The summed E-state index contributed by atoms with van der Waals surface area (Å²) in [5, 5.41) is 12.6. The second-order valence-electron chi connectivity index (χ2n) is 6.72. The number of carboxylic acids is 1. The van der Waals surface area contributed by atoms with Crippen molar-refractivity contribution in [3.63, 3.8) is 0 Å². The maximum absolute atomic E-state index is 12.6. The van der Waals surface area contributed by atoms with Gasteiger partial charge < -0.3 is 15.3 Å². The zero-order valence-electron chi connectivity index (χ0n) is 13.1. The van der Waals surface area contributed by atoms with Crippen molar-refractivity contribution in [2.75, 3.05) is 20.1 Å². The smallest absolute Gasteiger partial charge is 0.305 e. The molecule has 0 spiro atoms. The third-order valence-electron chi connectivity index (χ3n) is 5.21. The first kappa shape index (κ1) is 16.3. The van der Waals surface area contributed by atoms with E-state index >= 15 is 0 Å². The van der Waals surface area contributed by atoms with Gasteiger partial charge in [-0.15, -0.1) is 0 Å². The molecule has 5 heteroatoms. The largest absolute Gasteiger partial charge is 0.481 e. The topological polar surface area (TPSA) is 69.6 Å².